The van der Waals surface area contributed by atoms with Crippen molar-refractivity contribution in [1.82, 2.24) is 15.1 Å². The van der Waals surface area contributed by atoms with E-state index in [0.29, 0.717) is 17.1 Å². The highest BCUT2D eigenvalue weighted by Crippen LogP contribution is 2.41. The van der Waals surface area contributed by atoms with Crippen molar-refractivity contribution in [3.63, 3.8) is 0 Å². The molecule has 1 aromatic heterocycles. The number of urea groups is 1. The van der Waals surface area contributed by atoms with E-state index in [0.717, 1.165) is 48.4 Å². The molecule has 3 heterocycles. The molecule has 4 aromatic rings. The number of nitrogens with one attached hydrogen (secondary N) is 3. The van der Waals surface area contributed by atoms with Crippen LogP contribution < -0.4 is 25.4 Å². The second-order valence-electron chi connectivity index (χ2n) is 13.3. The van der Waals surface area contributed by atoms with Crippen molar-refractivity contribution in [2.75, 3.05) is 23.7 Å². The fourth-order valence-corrected chi connectivity index (χ4v) is 6.01. The van der Waals surface area contributed by atoms with E-state index in [-0.39, 0.29) is 28.6 Å². The lowest BCUT2D eigenvalue weighted by molar-refractivity contribution is -0.286. The Hall–Kier alpha value is -5.03. The molecule has 0 spiro atoms. The Labute approximate surface area is 278 Å². The lowest BCUT2D eigenvalue weighted by atomic mass is 9.77. The van der Waals surface area contributed by atoms with Gasteiger partial charge in [0.1, 0.15) is 5.82 Å². The number of amides is 2. The first-order valence-corrected chi connectivity index (χ1v) is 16.0. The average molecular weight is 656 g/mol. The van der Waals surface area contributed by atoms with Crippen LogP contribution in [0.25, 0.3) is 11.8 Å². The second kappa shape index (κ2) is 13.2. The monoisotopic (exact) mass is 655 g/mol. The maximum absolute atomic E-state index is 13.8. The highest BCUT2D eigenvalue weighted by atomic mass is 19.3. The molecule has 1 saturated heterocycles. The van der Waals surface area contributed by atoms with Gasteiger partial charge in [0, 0.05) is 23.1 Å². The Morgan fingerprint density at radius 2 is 1.71 bits per heavy atom. The molecule has 2 aliphatic rings. The van der Waals surface area contributed by atoms with Crippen LogP contribution in [0.5, 0.6) is 11.5 Å². The van der Waals surface area contributed by atoms with Gasteiger partial charge in [0.05, 0.1) is 11.4 Å². The van der Waals surface area contributed by atoms with E-state index in [2.05, 4.69) is 46.2 Å². The van der Waals surface area contributed by atoms with Crippen molar-refractivity contribution in [2.24, 2.45) is 5.92 Å². The van der Waals surface area contributed by atoms with Gasteiger partial charge in [0.15, 0.2) is 17.3 Å². The first-order valence-electron chi connectivity index (χ1n) is 16.0. The van der Waals surface area contributed by atoms with Crippen LogP contribution in [0.4, 0.5) is 25.1 Å². The zero-order chi connectivity index (χ0) is 34.1. The molecular weight excluding hydrogens is 616 g/mol. The molecule has 0 bridgehead atoms. The first-order chi connectivity index (χ1) is 22.8. The van der Waals surface area contributed by atoms with E-state index in [1.54, 1.807) is 22.9 Å². The van der Waals surface area contributed by atoms with Gasteiger partial charge in [-0.15, -0.1) is 8.78 Å². The van der Waals surface area contributed by atoms with Crippen molar-refractivity contribution in [3.05, 3.63) is 101 Å². The van der Waals surface area contributed by atoms with Gasteiger partial charge in [-0.25, -0.2) is 9.48 Å². The summed E-state index contributed by atoms with van der Waals surface area (Å²) in [6.45, 7) is 9.79. The van der Waals surface area contributed by atoms with Crippen LogP contribution >= 0.6 is 0 Å². The van der Waals surface area contributed by atoms with E-state index in [1.807, 2.05) is 55.5 Å². The second-order valence-corrected chi connectivity index (χ2v) is 13.3. The Bertz CT molecular complexity index is 1840. The van der Waals surface area contributed by atoms with E-state index in [1.165, 1.54) is 18.2 Å². The number of ketones is 1. The van der Waals surface area contributed by atoms with E-state index >= 15 is 0 Å². The Morgan fingerprint density at radius 1 is 0.979 bits per heavy atom. The number of allylic oxidation sites excluding steroid dienone is 1. The highest BCUT2D eigenvalue weighted by molar-refractivity contribution is 6.01. The van der Waals surface area contributed by atoms with Crippen LogP contribution in [0.3, 0.4) is 0 Å². The van der Waals surface area contributed by atoms with Crippen LogP contribution in [-0.4, -0.2) is 41.0 Å². The average Bonchev–Trinajstić information content (AvgIpc) is 3.60. The molecule has 1 unspecified atom stereocenters. The number of anilines is 2. The molecule has 48 heavy (non-hydrogen) atoms. The molecule has 2 aliphatic heterocycles. The molecule has 0 radical (unpaired) electrons. The number of hydrogen-bond acceptors (Lipinski definition) is 6. The number of ether oxygens (including phenoxy) is 2. The van der Waals surface area contributed by atoms with Gasteiger partial charge in [-0.05, 0) is 92.4 Å². The normalized spacial score (nSPS) is 16.5. The minimum Gasteiger partial charge on any atom is -0.395 e. The molecule has 0 aliphatic carbocycles. The van der Waals surface area contributed by atoms with Crippen molar-refractivity contribution >= 4 is 29.4 Å². The molecular formula is C37H39F2N5O4. The third-order valence-electron chi connectivity index (χ3n) is 8.53. The number of aryl methyl sites for hydroxylation is 1. The highest BCUT2D eigenvalue weighted by Gasteiger charge is 2.43. The molecule has 11 heteroatoms. The van der Waals surface area contributed by atoms with Gasteiger partial charge in [0.25, 0.3) is 0 Å². The first kappa shape index (κ1) is 32.9. The SMILES string of the molecule is Cc1ccc(-n2nc(C(C)(C)C)cc2NC(=O)Nc2cccc(C(C(=O)C=Cc3ccc4c(c3)OC(F)(F)O4)C3CCNCC3)c2)cc1. The zero-order valence-electron chi connectivity index (χ0n) is 27.3. The molecule has 6 rings (SSSR count). The molecule has 3 N–H and O–H groups in total. The summed E-state index contributed by atoms with van der Waals surface area (Å²) in [4.78, 5) is 27.2. The molecule has 1 atom stereocenters. The summed E-state index contributed by atoms with van der Waals surface area (Å²) in [7, 11) is 0. The maximum Gasteiger partial charge on any atom is 0.586 e. The number of aromatic nitrogens is 2. The van der Waals surface area contributed by atoms with Crippen molar-refractivity contribution < 1.29 is 27.8 Å². The van der Waals surface area contributed by atoms with Gasteiger partial charge < -0.3 is 20.1 Å². The molecule has 250 valence electrons. The predicted molar refractivity (Wildman–Crippen MR) is 181 cm³/mol. The Morgan fingerprint density at radius 3 is 2.44 bits per heavy atom. The maximum atomic E-state index is 13.8. The molecule has 9 nitrogen and oxygen atoms in total. The van der Waals surface area contributed by atoms with E-state index in [9.17, 15) is 18.4 Å². The minimum atomic E-state index is -3.71. The lowest BCUT2D eigenvalue weighted by Crippen LogP contribution is -2.33. The Kier molecular flexibility index (Phi) is 9.07. The van der Waals surface area contributed by atoms with Gasteiger partial charge in [-0.2, -0.15) is 5.10 Å². The number of carbonyl (C=O) groups is 2. The minimum absolute atomic E-state index is 0.0568. The number of carbonyl (C=O) groups excluding carboxylic acids is 2. The third-order valence-corrected chi connectivity index (χ3v) is 8.53. The van der Waals surface area contributed by atoms with Crippen molar-refractivity contribution in [3.8, 4) is 17.2 Å². The fourth-order valence-electron chi connectivity index (χ4n) is 6.01. The van der Waals surface area contributed by atoms with Crippen LogP contribution in [0, 0.1) is 12.8 Å². The zero-order valence-corrected chi connectivity index (χ0v) is 27.3. The van der Waals surface area contributed by atoms with Gasteiger partial charge >= 0.3 is 12.3 Å². The summed E-state index contributed by atoms with van der Waals surface area (Å²) in [5, 5.41) is 14.0. The topological polar surface area (TPSA) is 107 Å². The van der Waals surface area contributed by atoms with E-state index in [4.69, 9.17) is 5.10 Å². The number of hydrogen-bond donors (Lipinski definition) is 3. The molecule has 3 aromatic carbocycles. The standard InChI is InChI=1S/C37H39F2N5O4/c1-23-8-12-28(13-9-23)44-33(22-32(43-44)36(2,3)4)42-35(46)41-27-7-5-6-26(21-27)34(25-16-18-40-19-17-25)29(45)14-10-24-11-15-30-31(20-24)48-37(38,39)47-30/h5-15,20-22,25,34,40H,16-19H2,1-4H3,(H2,41,42,46). The molecule has 0 saturated carbocycles. The smallest absolute Gasteiger partial charge is 0.395 e. The molecule has 2 amide bonds. The van der Waals surface area contributed by atoms with Crippen LogP contribution in [-0.2, 0) is 10.2 Å². The van der Waals surface area contributed by atoms with E-state index < -0.39 is 18.2 Å². The summed E-state index contributed by atoms with van der Waals surface area (Å²) in [6.07, 6.45) is 0.971. The summed E-state index contributed by atoms with van der Waals surface area (Å²) in [6, 6.07) is 21.1. The number of halogens is 2. The summed E-state index contributed by atoms with van der Waals surface area (Å²) >= 11 is 0. The number of fused-ring (bicyclic) bond motifs is 1. The number of benzene rings is 3. The van der Waals surface area contributed by atoms with Gasteiger partial charge in [0.2, 0.25) is 0 Å². The summed E-state index contributed by atoms with van der Waals surface area (Å²) in [5.41, 5.74) is 4.37. The summed E-state index contributed by atoms with van der Waals surface area (Å²) in [5.74, 6) is -0.135. The van der Waals surface area contributed by atoms with Gasteiger partial charge in [-0.3, -0.25) is 10.1 Å². The quantitative estimate of drug-likeness (QED) is 0.167. The van der Waals surface area contributed by atoms with Crippen LogP contribution in [0.2, 0.25) is 0 Å². The number of piperidine rings is 1. The number of rotatable bonds is 8. The third kappa shape index (κ3) is 7.57. The molecule has 1 fully saturated rings. The lowest BCUT2D eigenvalue weighted by Gasteiger charge is -2.30. The largest absolute Gasteiger partial charge is 0.586 e. The van der Waals surface area contributed by atoms with Gasteiger partial charge in [-0.1, -0.05) is 62.7 Å². The summed E-state index contributed by atoms with van der Waals surface area (Å²) < 4.78 is 37.7. The number of nitrogens with zero attached hydrogens (tertiary/aromatic N) is 2. The van der Waals surface area contributed by atoms with Crippen molar-refractivity contribution in [1.29, 1.82) is 0 Å². The fraction of sp³-hybridized carbons (Fsp3) is 0.324. The van der Waals surface area contributed by atoms with Crippen LogP contribution in [0.1, 0.15) is 61.9 Å². The predicted octanol–water partition coefficient (Wildman–Crippen LogP) is 7.81. The van der Waals surface area contributed by atoms with Crippen molar-refractivity contribution in [2.45, 2.75) is 58.2 Å². The number of alkyl halides is 2. The van der Waals surface area contributed by atoms with Crippen LogP contribution in [0.15, 0.2) is 78.9 Å². The Balaban J connectivity index is 1.21.